The van der Waals surface area contributed by atoms with Gasteiger partial charge in [-0.25, -0.2) is 0 Å². The first kappa shape index (κ1) is 16.1. The quantitative estimate of drug-likeness (QED) is 0.874. The molecule has 21 heavy (non-hydrogen) atoms. The Hall–Kier alpha value is -1.26. The molecular formula is C17H28N2O2. The summed E-state index contributed by atoms with van der Waals surface area (Å²) in [5.74, 6) is 0.981. The van der Waals surface area contributed by atoms with Crippen molar-refractivity contribution in [1.29, 1.82) is 0 Å². The molecule has 0 aromatic heterocycles. The number of methoxy groups -OCH3 is 1. The third kappa shape index (κ3) is 4.61. The lowest BCUT2D eigenvalue weighted by molar-refractivity contribution is 0.00549. The molecule has 0 unspecified atom stereocenters. The van der Waals surface area contributed by atoms with Gasteiger partial charge in [-0.3, -0.25) is 0 Å². The number of anilines is 1. The van der Waals surface area contributed by atoms with Crippen molar-refractivity contribution in [2.75, 3.05) is 44.8 Å². The fourth-order valence-electron chi connectivity index (χ4n) is 2.41. The Morgan fingerprint density at radius 3 is 2.62 bits per heavy atom. The number of hydrogen-bond acceptors (Lipinski definition) is 4. The molecule has 1 N–H and O–H groups in total. The van der Waals surface area contributed by atoms with Crippen LogP contribution >= 0.6 is 0 Å². The lowest BCUT2D eigenvalue weighted by Gasteiger charge is -2.31. The number of ether oxygens (including phenoxy) is 2. The number of aryl methyl sites for hydroxylation is 1. The maximum Gasteiger partial charge on any atom is 0.142 e. The summed E-state index contributed by atoms with van der Waals surface area (Å²) >= 11 is 0. The SMILES string of the molecule is COC(C)(C)CCOc1ccc(C)cc1N1CCNCC1. The molecule has 0 amide bonds. The van der Waals surface area contributed by atoms with Gasteiger partial charge in [0.05, 0.1) is 17.9 Å². The number of piperazine rings is 1. The molecule has 1 saturated heterocycles. The van der Waals surface area contributed by atoms with Crippen LogP contribution in [0.1, 0.15) is 25.8 Å². The topological polar surface area (TPSA) is 33.7 Å². The summed E-state index contributed by atoms with van der Waals surface area (Å²) in [6.07, 6.45) is 0.873. The zero-order valence-corrected chi connectivity index (χ0v) is 13.7. The van der Waals surface area contributed by atoms with Gasteiger partial charge in [0.15, 0.2) is 0 Å². The van der Waals surface area contributed by atoms with Crippen LogP contribution in [-0.4, -0.2) is 45.5 Å². The summed E-state index contributed by atoms with van der Waals surface area (Å²) < 4.78 is 11.5. The summed E-state index contributed by atoms with van der Waals surface area (Å²) in [5.41, 5.74) is 2.35. The highest BCUT2D eigenvalue weighted by atomic mass is 16.5. The van der Waals surface area contributed by atoms with E-state index in [0.717, 1.165) is 38.3 Å². The minimum absolute atomic E-state index is 0.139. The predicted octanol–water partition coefficient (Wildman–Crippen LogP) is 2.60. The highest BCUT2D eigenvalue weighted by Gasteiger charge is 2.18. The molecule has 4 heteroatoms. The Bertz CT molecular complexity index is 454. The van der Waals surface area contributed by atoms with Gasteiger partial charge in [0.1, 0.15) is 5.75 Å². The van der Waals surface area contributed by atoms with Crippen molar-refractivity contribution in [3.8, 4) is 5.75 Å². The molecule has 1 heterocycles. The minimum Gasteiger partial charge on any atom is -0.491 e. The number of rotatable bonds is 6. The van der Waals surface area contributed by atoms with Gasteiger partial charge in [-0.15, -0.1) is 0 Å². The van der Waals surface area contributed by atoms with E-state index in [1.54, 1.807) is 7.11 Å². The number of benzene rings is 1. The number of nitrogens with one attached hydrogen (secondary N) is 1. The molecule has 0 aliphatic carbocycles. The van der Waals surface area contributed by atoms with Crippen LogP contribution in [0.2, 0.25) is 0 Å². The Morgan fingerprint density at radius 2 is 1.95 bits per heavy atom. The summed E-state index contributed by atoms with van der Waals surface area (Å²) in [5, 5.41) is 3.39. The largest absolute Gasteiger partial charge is 0.491 e. The lowest BCUT2D eigenvalue weighted by Crippen LogP contribution is -2.43. The maximum atomic E-state index is 6.04. The lowest BCUT2D eigenvalue weighted by atomic mass is 10.1. The second kappa shape index (κ2) is 7.14. The van der Waals surface area contributed by atoms with E-state index in [9.17, 15) is 0 Å². The zero-order valence-electron chi connectivity index (χ0n) is 13.7. The predicted molar refractivity (Wildman–Crippen MR) is 87.5 cm³/mol. The molecule has 118 valence electrons. The van der Waals surface area contributed by atoms with Crippen molar-refractivity contribution in [3.05, 3.63) is 23.8 Å². The van der Waals surface area contributed by atoms with Crippen molar-refractivity contribution in [2.45, 2.75) is 32.8 Å². The first-order valence-corrected chi connectivity index (χ1v) is 7.76. The second-order valence-corrected chi connectivity index (χ2v) is 6.27. The van der Waals surface area contributed by atoms with Crippen LogP contribution in [0.5, 0.6) is 5.75 Å². The van der Waals surface area contributed by atoms with E-state index < -0.39 is 0 Å². The Balaban J connectivity index is 2.04. The monoisotopic (exact) mass is 292 g/mol. The van der Waals surface area contributed by atoms with E-state index in [4.69, 9.17) is 9.47 Å². The minimum atomic E-state index is -0.139. The Morgan fingerprint density at radius 1 is 1.24 bits per heavy atom. The van der Waals surface area contributed by atoms with Crippen LogP contribution in [0.25, 0.3) is 0 Å². The zero-order chi connectivity index (χ0) is 15.3. The molecule has 1 aliphatic heterocycles. The molecule has 0 bridgehead atoms. The highest BCUT2D eigenvalue weighted by molar-refractivity contribution is 5.60. The Kier molecular flexibility index (Phi) is 5.48. The summed E-state index contributed by atoms with van der Waals surface area (Å²) in [4.78, 5) is 2.40. The molecule has 1 fully saturated rings. The van der Waals surface area contributed by atoms with Crippen LogP contribution in [0.4, 0.5) is 5.69 Å². The average Bonchev–Trinajstić information content (AvgIpc) is 2.49. The second-order valence-electron chi connectivity index (χ2n) is 6.27. The smallest absolute Gasteiger partial charge is 0.142 e. The maximum absolute atomic E-state index is 6.04. The van der Waals surface area contributed by atoms with Gasteiger partial charge in [-0.2, -0.15) is 0 Å². The van der Waals surface area contributed by atoms with E-state index >= 15 is 0 Å². The third-order valence-electron chi connectivity index (χ3n) is 4.09. The highest BCUT2D eigenvalue weighted by Crippen LogP contribution is 2.30. The molecule has 1 aromatic carbocycles. The van der Waals surface area contributed by atoms with Gasteiger partial charge >= 0.3 is 0 Å². The van der Waals surface area contributed by atoms with Crippen molar-refractivity contribution in [3.63, 3.8) is 0 Å². The molecule has 1 aliphatic rings. The molecule has 0 spiro atoms. The van der Waals surface area contributed by atoms with Crippen LogP contribution in [0.3, 0.4) is 0 Å². The number of nitrogens with zero attached hydrogens (tertiary/aromatic N) is 1. The molecule has 0 radical (unpaired) electrons. The summed E-state index contributed by atoms with van der Waals surface area (Å²) in [6, 6.07) is 6.43. The summed E-state index contributed by atoms with van der Waals surface area (Å²) in [6.45, 7) is 11.1. The molecule has 0 atom stereocenters. The fraction of sp³-hybridized carbons (Fsp3) is 0.647. The van der Waals surface area contributed by atoms with E-state index in [-0.39, 0.29) is 5.60 Å². The van der Waals surface area contributed by atoms with Gasteiger partial charge in [0.25, 0.3) is 0 Å². The fourth-order valence-corrected chi connectivity index (χ4v) is 2.41. The first-order valence-electron chi connectivity index (χ1n) is 7.76. The van der Waals surface area contributed by atoms with E-state index in [0.29, 0.717) is 6.61 Å². The Labute approximate surface area is 128 Å². The van der Waals surface area contributed by atoms with Gasteiger partial charge in [0, 0.05) is 39.7 Å². The van der Waals surface area contributed by atoms with Gasteiger partial charge in [-0.05, 0) is 38.5 Å². The molecule has 4 nitrogen and oxygen atoms in total. The van der Waals surface area contributed by atoms with Crippen LogP contribution in [0.15, 0.2) is 18.2 Å². The standard InChI is InChI=1S/C17H28N2O2/c1-14-5-6-16(21-12-7-17(2,3)20-4)15(13-14)19-10-8-18-9-11-19/h5-6,13,18H,7-12H2,1-4H3. The molecule has 2 rings (SSSR count). The van der Waals surface area contributed by atoms with Gasteiger partial charge in [0.2, 0.25) is 0 Å². The summed E-state index contributed by atoms with van der Waals surface area (Å²) in [7, 11) is 1.75. The average molecular weight is 292 g/mol. The van der Waals surface area contributed by atoms with Crippen molar-refractivity contribution in [1.82, 2.24) is 5.32 Å². The van der Waals surface area contributed by atoms with E-state index in [1.165, 1.54) is 11.3 Å². The molecule has 1 aromatic rings. The number of hydrogen-bond donors (Lipinski definition) is 1. The normalized spacial score (nSPS) is 16.1. The van der Waals surface area contributed by atoms with Crippen LogP contribution in [-0.2, 0) is 4.74 Å². The van der Waals surface area contributed by atoms with Crippen LogP contribution < -0.4 is 15.0 Å². The first-order chi connectivity index (χ1) is 10.0. The molecule has 0 saturated carbocycles. The van der Waals surface area contributed by atoms with Gasteiger partial charge < -0.3 is 19.7 Å². The van der Waals surface area contributed by atoms with Crippen molar-refractivity contribution in [2.24, 2.45) is 0 Å². The van der Waals surface area contributed by atoms with Gasteiger partial charge in [-0.1, -0.05) is 6.07 Å². The third-order valence-corrected chi connectivity index (χ3v) is 4.09. The van der Waals surface area contributed by atoms with Crippen molar-refractivity contribution >= 4 is 5.69 Å². The molecular weight excluding hydrogens is 264 g/mol. The van der Waals surface area contributed by atoms with E-state index in [1.807, 2.05) is 0 Å². The van der Waals surface area contributed by atoms with E-state index in [2.05, 4.69) is 49.2 Å². The van der Waals surface area contributed by atoms with Crippen molar-refractivity contribution < 1.29 is 9.47 Å². The van der Waals surface area contributed by atoms with Crippen LogP contribution in [0, 0.1) is 6.92 Å².